The fourth-order valence-electron chi connectivity index (χ4n) is 1.49. The van der Waals surface area contributed by atoms with E-state index in [4.69, 9.17) is 15.0 Å². The van der Waals surface area contributed by atoms with Gasteiger partial charge >= 0.3 is 0 Å². The van der Waals surface area contributed by atoms with Gasteiger partial charge in [0.2, 0.25) is 0 Å². The minimum atomic E-state index is -0.746. The van der Waals surface area contributed by atoms with Crippen LogP contribution in [0.5, 0.6) is 0 Å². The molecule has 0 aliphatic carbocycles. The highest BCUT2D eigenvalue weighted by molar-refractivity contribution is 9.11. The van der Waals surface area contributed by atoms with Crippen LogP contribution in [0.4, 0.5) is 0 Å². The average Bonchev–Trinajstić information content (AvgIpc) is 2.97. The summed E-state index contributed by atoms with van der Waals surface area (Å²) < 4.78 is 11.7. The first-order chi connectivity index (χ1) is 9.03. The molecule has 2 rings (SSSR count). The molecule has 0 amide bonds. The molecule has 0 saturated carbocycles. The zero-order valence-corrected chi connectivity index (χ0v) is 13.3. The molecule has 0 bridgehead atoms. The van der Waals surface area contributed by atoms with E-state index >= 15 is 0 Å². The normalized spacial score (nSPS) is 14.5. The van der Waals surface area contributed by atoms with Gasteiger partial charge in [-0.2, -0.15) is 4.98 Å². The molecule has 0 radical (unpaired) electrons. The summed E-state index contributed by atoms with van der Waals surface area (Å²) >= 11 is 4.97. The fourth-order valence-corrected chi connectivity index (χ4v) is 2.62. The Morgan fingerprint density at radius 1 is 1.58 bits per heavy atom. The quantitative estimate of drug-likeness (QED) is 0.814. The van der Waals surface area contributed by atoms with Gasteiger partial charge in [-0.15, -0.1) is 11.3 Å². The van der Waals surface area contributed by atoms with Gasteiger partial charge in [0.1, 0.15) is 5.54 Å². The molecule has 0 aliphatic rings. The van der Waals surface area contributed by atoms with Crippen molar-refractivity contribution in [2.24, 2.45) is 5.73 Å². The SMILES string of the molecule is CCCOCC(C)(N)c1noc(-c2csc(Br)c2)n1. The predicted molar refractivity (Wildman–Crippen MR) is 78.0 cm³/mol. The Kier molecular flexibility index (Phi) is 4.72. The Balaban J connectivity index is 2.11. The monoisotopic (exact) mass is 345 g/mol. The number of hydrogen-bond acceptors (Lipinski definition) is 6. The maximum absolute atomic E-state index is 6.16. The Morgan fingerprint density at radius 2 is 2.37 bits per heavy atom. The molecule has 2 aromatic rings. The lowest BCUT2D eigenvalue weighted by molar-refractivity contribution is 0.0867. The molecule has 1 unspecified atom stereocenters. The van der Waals surface area contributed by atoms with E-state index < -0.39 is 5.54 Å². The van der Waals surface area contributed by atoms with E-state index in [0.29, 0.717) is 24.9 Å². The van der Waals surface area contributed by atoms with Crippen LogP contribution in [0.3, 0.4) is 0 Å². The second-order valence-corrected chi connectivity index (χ2v) is 6.82. The molecule has 0 aromatic carbocycles. The van der Waals surface area contributed by atoms with Gasteiger partial charge < -0.3 is 15.0 Å². The second kappa shape index (κ2) is 6.13. The van der Waals surface area contributed by atoms with Crippen molar-refractivity contribution < 1.29 is 9.26 Å². The van der Waals surface area contributed by atoms with Crippen LogP contribution in [-0.4, -0.2) is 23.4 Å². The number of nitrogens with two attached hydrogens (primary N) is 1. The first-order valence-electron chi connectivity index (χ1n) is 5.98. The summed E-state index contributed by atoms with van der Waals surface area (Å²) in [5.41, 5.74) is 6.30. The molecule has 0 saturated heterocycles. The van der Waals surface area contributed by atoms with Crippen molar-refractivity contribution >= 4 is 27.3 Å². The topological polar surface area (TPSA) is 74.2 Å². The number of thiophene rings is 1. The molecular formula is C12H16BrN3O2S. The summed E-state index contributed by atoms with van der Waals surface area (Å²) in [6.45, 7) is 4.93. The molecule has 0 fully saturated rings. The summed E-state index contributed by atoms with van der Waals surface area (Å²) in [6, 6.07) is 1.93. The Bertz CT molecular complexity index is 539. The van der Waals surface area contributed by atoms with Gasteiger partial charge in [-0.3, -0.25) is 0 Å². The molecule has 0 spiro atoms. The zero-order valence-electron chi connectivity index (χ0n) is 10.9. The van der Waals surface area contributed by atoms with Crippen molar-refractivity contribution in [2.45, 2.75) is 25.8 Å². The summed E-state index contributed by atoms with van der Waals surface area (Å²) in [6.07, 6.45) is 0.955. The van der Waals surface area contributed by atoms with Gasteiger partial charge in [-0.05, 0) is 35.3 Å². The Morgan fingerprint density at radius 3 is 3.00 bits per heavy atom. The molecule has 1 atom stereocenters. The lowest BCUT2D eigenvalue weighted by Crippen LogP contribution is -2.39. The lowest BCUT2D eigenvalue weighted by atomic mass is 10.1. The van der Waals surface area contributed by atoms with Crippen LogP contribution in [0, 0.1) is 0 Å². The van der Waals surface area contributed by atoms with Crippen LogP contribution in [0.15, 0.2) is 19.8 Å². The van der Waals surface area contributed by atoms with E-state index in [9.17, 15) is 0 Å². The van der Waals surface area contributed by atoms with E-state index in [1.54, 1.807) is 11.3 Å². The minimum Gasteiger partial charge on any atom is -0.379 e. The smallest absolute Gasteiger partial charge is 0.258 e. The van der Waals surface area contributed by atoms with Crippen molar-refractivity contribution in [2.75, 3.05) is 13.2 Å². The molecule has 0 aliphatic heterocycles. The number of aromatic nitrogens is 2. The maximum Gasteiger partial charge on any atom is 0.258 e. The minimum absolute atomic E-state index is 0.368. The number of nitrogens with zero attached hydrogens (tertiary/aromatic N) is 2. The molecule has 2 aromatic heterocycles. The fraction of sp³-hybridized carbons (Fsp3) is 0.500. The lowest BCUT2D eigenvalue weighted by Gasteiger charge is -2.19. The van der Waals surface area contributed by atoms with Gasteiger partial charge in [-0.25, -0.2) is 0 Å². The van der Waals surface area contributed by atoms with Gasteiger partial charge in [0, 0.05) is 12.0 Å². The van der Waals surface area contributed by atoms with Crippen molar-refractivity contribution in [3.63, 3.8) is 0 Å². The number of rotatable bonds is 6. The van der Waals surface area contributed by atoms with Gasteiger partial charge in [0.05, 0.1) is 16.0 Å². The third-order valence-electron chi connectivity index (χ3n) is 2.50. The van der Waals surface area contributed by atoms with Gasteiger partial charge in [-0.1, -0.05) is 12.1 Å². The number of halogens is 1. The standard InChI is InChI=1S/C12H16BrN3O2S/c1-3-4-17-7-12(2,14)11-15-10(18-16-11)8-5-9(13)19-6-8/h5-6H,3-4,7,14H2,1-2H3. The van der Waals surface area contributed by atoms with E-state index in [0.717, 1.165) is 15.8 Å². The summed E-state index contributed by atoms with van der Waals surface area (Å²) in [5.74, 6) is 0.935. The highest BCUT2D eigenvalue weighted by Crippen LogP contribution is 2.28. The molecule has 5 nitrogen and oxygen atoms in total. The molecule has 2 heterocycles. The summed E-state index contributed by atoms with van der Waals surface area (Å²) in [7, 11) is 0. The third kappa shape index (κ3) is 3.62. The highest BCUT2D eigenvalue weighted by Gasteiger charge is 2.28. The summed E-state index contributed by atoms with van der Waals surface area (Å²) in [4.78, 5) is 4.35. The Labute approximate surface area is 124 Å². The first-order valence-corrected chi connectivity index (χ1v) is 7.65. The van der Waals surface area contributed by atoms with Crippen molar-refractivity contribution in [3.8, 4) is 11.5 Å². The number of hydrogen-bond donors (Lipinski definition) is 1. The van der Waals surface area contributed by atoms with Gasteiger partial charge in [0.25, 0.3) is 5.89 Å². The van der Waals surface area contributed by atoms with Gasteiger partial charge in [0.15, 0.2) is 5.82 Å². The van der Waals surface area contributed by atoms with Crippen molar-refractivity contribution in [1.82, 2.24) is 10.1 Å². The molecule has 2 N–H and O–H groups in total. The molecular weight excluding hydrogens is 330 g/mol. The maximum atomic E-state index is 6.16. The third-order valence-corrected chi connectivity index (χ3v) is 4.01. The van der Waals surface area contributed by atoms with E-state index in [1.165, 1.54) is 0 Å². The largest absolute Gasteiger partial charge is 0.379 e. The Hall–Kier alpha value is -0.760. The molecule has 104 valence electrons. The van der Waals surface area contributed by atoms with Crippen LogP contribution >= 0.6 is 27.3 Å². The molecule has 19 heavy (non-hydrogen) atoms. The second-order valence-electron chi connectivity index (χ2n) is 4.53. The average molecular weight is 346 g/mol. The van der Waals surface area contributed by atoms with E-state index in [1.807, 2.05) is 18.4 Å². The summed E-state index contributed by atoms with van der Waals surface area (Å²) in [5, 5.41) is 5.90. The van der Waals surface area contributed by atoms with Crippen molar-refractivity contribution in [3.05, 3.63) is 21.1 Å². The van der Waals surface area contributed by atoms with E-state index in [2.05, 4.69) is 33.0 Å². The van der Waals surface area contributed by atoms with Crippen LogP contribution < -0.4 is 5.73 Å². The predicted octanol–water partition coefficient (Wildman–Crippen LogP) is 3.16. The van der Waals surface area contributed by atoms with Crippen LogP contribution in [0.1, 0.15) is 26.1 Å². The zero-order chi connectivity index (χ0) is 13.9. The first kappa shape index (κ1) is 14.6. The van der Waals surface area contributed by atoms with Crippen molar-refractivity contribution in [1.29, 1.82) is 0 Å². The van der Waals surface area contributed by atoms with E-state index in [-0.39, 0.29) is 0 Å². The number of ether oxygens (including phenoxy) is 1. The highest BCUT2D eigenvalue weighted by atomic mass is 79.9. The molecule has 7 heteroatoms. The van der Waals surface area contributed by atoms with Crippen LogP contribution in [0.2, 0.25) is 0 Å². The van der Waals surface area contributed by atoms with Crippen LogP contribution in [-0.2, 0) is 10.3 Å². The van der Waals surface area contributed by atoms with Crippen LogP contribution in [0.25, 0.3) is 11.5 Å².